The molecule has 1 amide bonds. The quantitative estimate of drug-likeness (QED) is 0.185. The first-order valence-electron chi connectivity index (χ1n) is 8.71. The van der Waals surface area contributed by atoms with Crippen molar-refractivity contribution >= 4 is 34.9 Å². The van der Waals surface area contributed by atoms with Crippen LogP contribution in [0.3, 0.4) is 0 Å². The number of rotatable bonds is 5. The van der Waals surface area contributed by atoms with Crippen LogP contribution < -0.4 is 21.9 Å². The van der Waals surface area contributed by atoms with Gasteiger partial charge >= 0.3 is 0 Å². The molecule has 1 fully saturated rings. The number of para-hydroxylation sites is 2. The van der Waals surface area contributed by atoms with Gasteiger partial charge in [-0.25, -0.2) is 20.8 Å². The summed E-state index contributed by atoms with van der Waals surface area (Å²) >= 11 is 1.43. The Kier molecular flexibility index (Phi) is 5.95. The normalized spacial score (nSPS) is 14.8. The smallest absolute Gasteiger partial charge is 0.277 e. The van der Waals surface area contributed by atoms with E-state index in [1.165, 1.54) is 37.2 Å². The average Bonchev–Trinajstić information content (AvgIpc) is 2.68. The standard InChI is InChI=1S/C18H24N6OS/c1-26-18-21-11-13(16(23-18)22-12-7-3-2-4-8-12)17(25)24(20)15-10-6-5-9-14(15)19/h5-6,9-12H,2-4,7-8,19-20H2,1H3,(H,21,22,23). The van der Waals surface area contributed by atoms with E-state index in [9.17, 15) is 4.79 Å². The fourth-order valence-electron chi connectivity index (χ4n) is 3.12. The molecule has 0 spiro atoms. The Balaban J connectivity index is 1.90. The van der Waals surface area contributed by atoms with Crippen molar-refractivity contribution in [1.29, 1.82) is 0 Å². The van der Waals surface area contributed by atoms with Gasteiger partial charge in [0.15, 0.2) is 5.16 Å². The van der Waals surface area contributed by atoms with E-state index in [-0.39, 0.29) is 0 Å². The van der Waals surface area contributed by atoms with Crippen LogP contribution in [-0.2, 0) is 0 Å². The highest BCUT2D eigenvalue weighted by atomic mass is 32.2. The van der Waals surface area contributed by atoms with Crippen LogP contribution in [0.25, 0.3) is 0 Å². The minimum atomic E-state index is -0.395. The van der Waals surface area contributed by atoms with Crippen LogP contribution in [0, 0.1) is 0 Å². The topological polar surface area (TPSA) is 110 Å². The molecule has 1 aromatic heterocycles. The van der Waals surface area contributed by atoms with E-state index in [4.69, 9.17) is 11.6 Å². The lowest BCUT2D eigenvalue weighted by Crippen LogP contribution is -2.39. The van der Waals surface area contributed by atoms with Crippen molar-refractivity contribution in [2.45, 2.75) is 43.3 Å². The fraction of sp³-hybridized carbons (Fsp3) is 0.389. The van der Waals surface area contributed by atoms with Gasteiger partial charge < -0.3 is 11.1 Å². The van der Waals surface area contributed by atoms with Crippen LogP contribution >= 0.6 is 11.8 Å². The molecule has 2 aromatic rings. The monoisotopic (exact) mass is 372 g/mol. The Labute approximate surface area is 157 Å². The number of nitrogens with two attached hydrogens (primary N) is 2. The summed E-state index contributed by atoms with van der Waals surface area (Å²) in [6, 6.07) is 7.31. The van der Waals surface area contributed by atoms with Gasteiger partial charge in [0.05, 0.1) is 11.4 Å². The number of amides is 1. The van der Waals surface area contributed by atoms with E-state index >= 15 is 0 Å². The Bertz CT molecular complexity index is 778. The largest absolute Gasteiger partial charge is 0.397 e. The highest BCUT2D eigenvalue weighted by Crippen LogP contribution is 2.26. The molecule has 1 aliphatic carbocycles. The maximum Gasteiger partial charge on any atom is 0.277 e. The van der Waals surface area contributed by atoms with E-state index in [1.54, 1.807) is 24.3 Å². The number of nitrogens with one attached hydrogen (secondary N) is 1. The zero-order valence-corrected chi connectivity index (χ0v) is 15.6. The lowest BCUT2D eigenvalue weighted by Gasteiger charge is -2.25. The number of benzene rings is 1. The Hall–Kier alpha value is -2.32. The molecular weight excluding hydrogens is 348 g/mol. The van der Waals surface area contributed by atoms with Gasteiger partial charge in [-0.1, -0.05) is 43.2 Å². The molecular formula is C18H24N6OS. The first-order chi connectivity index (χ1) is 12.6. The van der Waals surface area contributed by atoms with E-state index in [0.29, 0.717) is 34.0 Å². The molecule has 26 heavy (non-hydrogen) atoms. The van der Waals surface area contributed by atoms with Crippen molar-refractivity contribution in [3.05, 3.63) is 36.0 Å². The zero-order valence-electron chi connectivity index (χ0n) is 14.8. The molecule has 1 aliphatic rings. The van der Waals surface area contributed by atoms with Crippen molar-refractivity contribution in [2.24, 2.45) is 5.84 Å². The Morgan fingerprint density at radius 1 is 1.27 bits per heavy atom. The minimum Gasteiger partial charge on any atom is -0.397 e. The predicted octanol–water partition coefficient (Wildman–Crippen LogP) is 3.05. The number of nitrogens with zero attached hydrogens (tertiary/aromatic N) is 3. The number of anilines is 3. The van der Waals surface area contributed by atoms with Gasteiger partial charge in [-0.2, -0.15) is 0 Å². The second-order valence-corrected chi connectivity index (χ2v) is 7.11. The molecule has 3 rings (SSSR count). The van der Waals surface area contributed by atoms with Crippen molar-refractivity contribution < 1.29 is 4.79 Å². The average molecular weight is 372 g/mol. The van der Waals surface area contributed by atoms with Crippen molar-refractivity contribution in [1.82, 2.24) is 9.97 Å². The van der Waals surface area contributed by atoms with Gasteiger partial charge in [-0.05, 0) is 31.2 Å². The van der Waals surface area contributed by atoms with Gasteiger partial charge in [-0.3, -0.25) is 4.79 Å². The summed E-state index contributed by atoms with van der Waals surface area (Å²) in [5.74, 6) is 6.20. The molecule has 7 nitrogen and oxygen atoms in total. The van der Waals surface area contributed by atoms with E-state index < -0.39 is 5.91 Å². The molecule has 1 saturated carbocycles. The van der Waals surface area contributed by atoms with Gasteiger partial charge in [-0.15, -0.1) is 0 Å². The number of thioether (sulfide) groups is 1. The second-order valence-electron chi connectivity index (χ2n) is 6.33. The molecule has 0 radical (unpaired) electrons. The van der Waals surface area contributed by atoms with Gasteiger partial charge in [0.25, 0.3) is 5.91 Å². The fourth-order valence-corrected chi connectivity index (χ4v) is 3.46. The molecule has 1 heterocycles. The predicted molar refractivity (Wildman–Crippen MR) is 106 cm³/mol. The Morgan fingerprint density at radius 2 is 2.00 bits per heavy atom. The third-order valence-corrected chi connectivity index (χ3v) is 5.10. The van der Waals surface area contributed by atoms with E-state index in [2.05, 4.69) is 15.3 Å². The number of hydrogen-bond acceptors (Lipinski definition) is 7. The molecule has 0 atom stereocenters. The van der Waals surface area contributed by atoms with Crippen molar-refractivity contribution in [3.63, 3.8) is 0 Å². The summed E-state index contributed by atoms with van der Waals surface area (Å²) in [5.41, 5.74) is 7.18. The second kappa shape index (κ2) is 8.37. The SMILES string of the molecule is CSc1ncc(C(=O)N(N)c2ccccc2N)c(NC2CCCCC2)n1. The van der Waals surface area contributed by atoms with Crippen molar-refractivity contribution in [3.8, 4) is 0 Å². The first kappa shape index (κ1) is 18.5. The highest BCUT2D eigenvalue weighted by Gasteiger charge is 2.23. The molecule has 8 heteroatoms. The number of hydrazine groups is 1. The molecule has 1 aromatic carbocycles. The van der Waals surface area contributed by atoms with Crippen LogP contribution in [0.15, 0.2) is 35.6 Å². The minimum absolute atomic E-state index is 0.313. The summed E-state index contributed by atoms with van der Waals surface area (Å²) in [6.07, 6.45) is 9.21. The van der Waals surface area contributed by atoms with Gasteiger partial charge in [0.1, 0.15) is 11.4 Å². The summed E-state index contributed by atoms with van der Waals surface area (Å²) < 4.78 is 0. The third kappa shape index (κ3) is 4.08. The molecule has 0 unspecified atom stereocenters. The summed E-state index contributed by atoms with van der Waals surface area (Å²) in [5, 5.41) is 5.10. The molecule has 5 N–H and O–H groups in total. The van der Waals surface area contributed by atoms with Crippen LogP contribution in [-0.4, -0.2) is 28.2 Å². The highest BCUT2D eigenvalue weighted by molar-refractivity contribution is 7.98. The number of nitrogen functional groups attached to an aromatic ring is 1. The zero-order chi connectivity index (χ0) is 18.5. The maximum absolute atomic E-state index is 13.0. The first-order valence-corrected chi connectivity index (χ1v) is 9.94. The van der Waals surface area contributed by atoms with Gasteiger partial charge in [0, 0.05) is 12.2 Å². The molecule has 0 bridgehead atoms. The number of aromatic nitrogens is 2. The third-order valence-electron chi connectivity index (χ3n) is 4.54. The summed E-state index contributed by atoms with van der Waals surface area (Å²) in [7, 11) is 0. The lowest BCUT2D eigenvalue weighted by atomic mass is 9.95. The lowest BCUT2D eigenvalue weighted by molar-refractivity contribution is 0.0987. The van der Waals surface area contributed by atoms with Gasteiger partial charge in [0.2, 0.25) is 0 Å². The van der Waals surface area contributed by atoms with Crippen LogP contribution in [0.5, 0.6) is 0 Å². The number of carbonyl (C=O) groups excluding carboxylic acids is 1. The van der Waals surface area contributed by atoms with Crippen LogP contribution in [0.4, 0.5) is 17.2 Å². The maximum atomic E-state index is 13.0. The molecule has 0 saturated heterocycles. The number of hydrogen-bond donors (Lipinski definition) is 3. The summed E-state index contributed by atoms with van der Waals surface area (Å²) in [4.78, 5) is 21.7. The van der Waals surface area contributed by atoms with Crippen LogP contribution in [0.2, 0.25) is 0 Å². The summed E-state index contributed by atoms with van der Waals surface area (Å²) in [6.45, 7) is 0. The Morgan fingerprint density at radius 3 is 2.69 bits per heavy atom. The van der Waals surface area contributed by atoms with Crippen molar-refractivity contribution in [2.75, 3.05) is 22.3 Å². The molecule has 0 aliphatic heterocycles. The van der Waals surface area contributed by atoms with E-state index in [0.717, 1.165) is 17.9 Å². The molecule has 138 valence electrons. The van der Waals surface area contributed by atoms with E-state index in [1.807, 2.05) is 6.26 Å². The van der Waals surface area contributed by atoms with Crippen LogP contribution in [0.1, 0.15) is 42.5 Å². The number of carbonyl (C=O) groups is 1.